The van der Waals surface area contributed by atoms with Crippen molar-refractivity contribution in [1.29, 1.82) is 0 Å². The molecule has 1 N–H and O–H groups in total. The van der Waals surface area contributed by atoms with Crippen LogP contribution in [-0.4, -0.2) is 37.5 Å². The van der Waals surface area contributed by atoms with Crippen molar-refractivity contribution in [2.45, 2.75) is 75.5 Å². The predicted molar refractivity (Wildman–Crippen MR) is 71.8 cm³/mol. The lowest BCUT2D eigenvalue weighted by Crippen LogP contribution is -2.52. The van der Waals surface area contributed by atoms with E-state index < -0.39 is 0 Å². The second kappa shape index (κ2) is 5.89. The molecule has 2 aliphatic heterocycles. The van der Waals surface area contributed by atoms with Crippen molar-refractivity contribution in [3.63, 3.8) is 0 Å². The van der Waals surface area contributed by atoms with Crippen LogP contribution in [0.1, 0.15) is 57.8 Å². The molecule has 2 saturated heterocycles. The zero-order valence-corrected chi connectivity index (χ0v) is 11.5. The second-order valence-corrected chi connectivity index (χ2v) is 6.36. The maximum absolute atomic E-state index is 6.15. The van der Waals surface area contributed by atoms with Gasteiger partial charge >= 0.3 is 0 Å². The third-order valence-corrected chi connectivity index (χ3v) is 4.89. The number of hydrogen-bond donors (Lipinski definition) is 1. The lowest BCUT2D eigenvalue weighted by molar-refractivity contribution is -0.111. The summed E-state index contributed by atoms with van der Waals surface area (Å²) < 4.78 is 11.7. The van der Waals surface area contributed by atoms with Crippen molar-refractivity contribution >= 4 is 0 Å². The number of hydrogen-bond acceptors (Lipinski definition) is 3. The quantitative estimate of drug-likeness (QED) is 0.820. The minimum Gasteiger partial charge on any atom is -0.380 e. The fraction of sp³-hybridized carbons (Fsp3) is 1.00. The summed E-state index contributed by atoms with van der Waals surface area (Å²) >= 11 is 0. The maximum atomic E-state index is 6.15. The Balaban J connectivity index is 1.52. The van der Waals surface area contributed by atoms with E-state index in [0.717, 1.165) is 19.8 Å². The van der Waals surface area contributed by atoms with Crippen LogP contribution in [0.25, 0.3) is 0 Å². The summed E-state index contributed by atoms with van der Waals surface area (Å²) in [6, 6.07) is 1.24. The molecule has 3 rings (SSSR count). The van der Waals surface area contributed by atoms with E-state index in [4.69, 9.17) is 9.47 Å². The summed E-state index contributed by atoms with van der Waals surface area (Å²) in [6.07, 6.45) is 11.6. The summed E-state index contributed by atoms with van der Waals surface area (Å²) in [7, 11) is 0. The first-order chi connectivity index (χ1) is 8.86. The minimum absolute atomic E-state index is 0.226. The summed E-state index contributed by atoms with van der Waals surface area (Å²) in [5.41, 5.74) is 0.226. The molecule has 1 aliphatic carbocycles. The molecule has 3 heteroatoms. The van der Waals surface area contributed by atoms with Gasteiger partial charge in [-0.3, -0.25) is 0 Å². The maximum Gasteiger partial charge on any atom is 0.0697 e. The third-order valence-electron chi connectivity index (χ3n) is 4.89. The molecule has 3 aliphatic rings. The van der Waals surface area contributed by atoms with E-state index in [0.29, 0.717) is 12.1 Å². The van der Waals surface area contributed by atoms with Crippen LogP contribution < -0.4 is 5.32 Å². The molecular formula is C15H27NO2. The Hall–Kier alpha value is -0.120. The molecule has 3 nitrogen and oxygen atoms in total. The van der Waals surface area contributed by atoms with Crippen molar-refractivity contribution < 1.29 is 9.47 Å². The lowest BCUT2D eigenvalue weighted by Gasteiger charge is -2.44. The van der Waals surface area contributed by atoms with E-state index in [1.54, 1.807) is 0 Å². The van der Waals surface area contributed by atoms with Crippen LogP contribution >= 0.6 is 0 Å². The molecule has 3 fully saturated rings. The highest BCUT2D eigenvalue weighted by Gasteiger charge is 2.38. The number of rotatable bonds is 2. The van der Waals surface area contributed by atoms with Gasteiger partial charge in [0.1, 0.15) is 0 Å². The smallest absolute Gasteiger partial charge is 0.0697 e. The molecule has 0 aromatic rings. The molecule has 0 aromatic carbocycles. The molecule has 2 heterocycles. The molecule has 0 amide bonds. The number of ether oxygens (including phenoxy) is 2. The second-order valence-electron chi connectivity index (χ2n) is 6.36. The Morgan fingerprint density at radius 2 is 1.78 bits per heavy atom. The average molecular weight is 253 g/mol. The summed E-state index contributed by atoms with van der Waals surface area (Å²) in [4.78, 5) is 0. The van der Waals surface area contributed by atoms with Crippen molar-refractivity contribution in [2.24, 2.45) is 0 Å². The van der Waals surface area contributed by atoms with Gasteiger partial charge in [0.15, 0.2) is 0 Å². The minimum atomic E-state index is 0.226. The highest BCUT2D eigenvalue weighted by Crippen LogP contribution is 2.38. The molecule has 2 unspecified atom stereocenters. The predicted octanol–water partition coefficient (Wildman–Crippen LogP) is 2.64. The molecule has 18 heavy (non-hydrogen) atoms. The summed E-state index contributed by atoms with van der Waals surface area (Å²) in [6.45, 7) is 2.81. The van der Waals surface area contributed by atoms with Crippen LogP contribution in [0.4, 0.5) is 0 Å². The first kappa shape index (κ1) is 12.9. The van der Waals surface area contributed by atoms with E-state index in [1.807, 2.05) is 0 Å². The fourth-order valence-corrected chi connectivity index (χ4v) is 3.92. The molecule has 0 bridgehead atoms. The fourth-order valence-electron chi connectivity index (χ4n) is 3.92. The van der Waals surface area contributed by atoms with Gasteiger partial charge in [0.05, 0.1) is 12.2 Å². The zero-order chi connectivity index (χ0) is 12.3. The van der Waals surface area contributed by atoms with Gasteiger partial charge in [0.2, 0.25) is 0 Å². The van der Waals surface area contributed by atoms with Crippen molar-refractivity contribution in [3.05, 3.63) is 0 Å². The molecule has 2 atom stereocenters. The normalized spacial score (nSPS) is 36.7. The summed E-state index contributed by atoms with van der Waals surface area (Å²) in [5.74, 6) is 0. The van der Waals surface area contributed by atoms with Gasteiger partial charge in [0.25, 0.3) is 0 Å². The Morgan fingerprint density at radius 3 is 2.56 bits per heavy atom. The summed E-state index contributed by atoms with van der Waals surface area (Å²) in [5, 5.41) is 3.82. The molecule has 1 saturated carbocycles. The van der Waals surface area contributed by atoms with Crippen LogP contribution in [0.3, 0.4) is 0 Å². The van der Waals surface area contributed by atoms with Crippen LogP contribution in [0.15, 0.2) is 0 Å². The Morgan fingerprint density at radius 1 is 0.889 bits per heavy atom. The molecule has 0 radical (unpaired) electrons. The van der Waals surface area contributed by atoms with Crippen molar-refractivity contribution in [1.82, 2.24) is 5.32 Å². The first-order valence-corrected chi connectivity index (χ1v) is 7.84. The average Bonchev–Trinajstić information content (AvgIpc) is 2.41. The molecule has 1 spiro atoms. The van der Waals surface area contributed by atoms with Crippen LogP contribution in [-0.2, 0) is 9.47 Å². The van der Waals surface area contributed by atoms with Crippen LogP contribution in [0.5, 0.6) is 0 Å². The largest absolute Gasteiger partial charge is 0.380 e. The van der Waals surface area contributed by atoms with Gasteiger partial charge in [-0.2, -0.15) is 0 Å². The van der Waals surface area contributed by atoms with Crippen molar-refractivity contribution in [2.75, 3.05) is 19.8 Å². The topological polar surface area (TPSA) is 30.5 Å². The zero-order valence-electron chi connectivity index (χ0n) is 11.5. The standard InChI is InChI=1S/C15H27NO2/c1-2-7-15(8-3-1)11-13(6-10-18-15)16-14-5-4-9-17-12-14/h13-14,16H,1-12H2. The molecule has 0 aromatic heterocycles. The van der Waals surface area contributed by atoms with E-state index in [2.05, 4.69) is 5.32 Å². The van der Waals surface area contributed by atoms with Crippen LogP contribution in [0, 0.1) is 0 Å². The van der Waals surface area contributed by atoms with E-state index >= 15 is 0 Å². The molecule has 104 valence electrons. The van der Waals surface area contributed by atoms with E-state index in [9.17, 15) is 0 Å². The third kappa shape index (κ3) is 3.06. The van der Waals surface area contributed by atoms with Gasteiger partial charge in [-0.25, -0.2) is 0 Å². The monoisotopic (exact) mass is 253 g/mol. The van der Waals surface area contributed by atoms with Crippen molar-refractivity contribution in [3.8, 4) is 0 Å². The SMILES string of the molecule is C1CCC2(CC1)CC(NC1CCCOC1)CCO2. The van der Waals surface area contributed by atoms with E-state index in [1.165, 1.54) is 57.8 Å². The Labute approximate surface area is 111 Å². The van der Waals surface area contributed by atoms with Gasteiger partial charge in [-0.1, -0.05) is 19.3 Å². The van der Waals surface area contributed by atoms with Gasteiger partial charge in [0, 0.05) is 25.3 Å². The Bertz CT molecular complexity index is 252. The molecular weight excluding hydrogens is 226 g/mol. The highest BCUT2D eigenvalue weighted by molar-refractivity contribution is 4.93. The number of nitrogens with one attached hydrogen (secondary N) is 1. The van der Waals surface area contributed by atoms with Crippen LogP contribution in [0.2, 0.25) is 0 Å². The Kier molecular flexibility index (Phi) is 4.22. The van der Waals surface area contributed by atoms with E-state index in [-0.39, 0.29) is 5.60 Å². The highest BCUT2D eigenvalue weighted by atomic mass is 16.5. The van der Waals surface area contributed by atoms with Gasteiger partial charge in [-0.15, -0.1) is 0 Å². The van der Waals surface area contributed by atoms with Gasteiger partial charge < -0.3 is 14.8 Å². The van der Waals surface area contributed by atoms with Gasteiger partial charge in [-0.05, 0) is 38.5 Å². The first-order valence-electron chi connectivity index (χ1n) is 7.84. The lowest BCUT2D eigenvalue weighted by atomic mass is 9.78.